The van der Waals surface area contributed by atoms with Crippen LogP contribution in [-0.4, -0.2) is 9.13 Å². The van der Waals surface area contributed by atoms with Crippen molar-refractivity contribution in [1.29, 1.82) is 0 Å². The van der Waals surface area contributed by atoms with Gasteiger partial charge in [-0.3, -0.25) is 0 Å². The molecule has 2 heterocycles. The Morgan fingerprint density at radius 3 is 1.45 bits per heavy atom. The summed E-state index contributed by atoms with van der Waals surface area (Å²) < 4.78 is 4.92. The van der Waals surface area contributed by atoms with Gasteiger partial charge in [-0.1, -0.05) is 112 Å². The molecule has 0 spiro atoms. The van der Waals surface area contributed by atoms with Crippen molar-refractivity contribution in [2.75, 3.05) is 0 Å². The van der Waals surface area contributed by atoms with Crippen LogP contribution in [-0.2, 0) is 12.8 Å². The van der Waals surface area contributed by atoms with E-state index in [9.17, 15) is 0 Å². The normalized spacial score (nSPS) is 16.5. The summed E-state index contributed by atoms with van der Waals surface area (Å²) in [4.78, 5) is 0. The third-order valence-corrected chi connectivity index (χ3v) is 10.7. The topological polar surface area (TPSA) is 9.86 Å². The molecular weight excluding hydrogens is 569 g/mol. The predicted octanol–water partition coefficient (Wildman–Crippen LogP) is 11.9. The van der Waals surface area contributed by atoms with Crippen molar-refractivity contribution in [3.63, 3.8) is 0 Å². The molecule has 230 valence electrons. The second-order valence-corrected chi connectivity index (χ2v) is 14.2. The summed E-state index contributed by atoms with van der Waals surface area (Å²) >= 11 is 0. The van der Waals surface area contributed by atoms with E-state index in [0.717, 1.165) is 18.3 Å². The summed E-state index contributed by atoms with van der Waals surface area (Å²) in [5.74, 6) is 2.22. The average molecular weight is 609 g/mol. The van der Waals surface area contributed by atoms with E-state index in [4.69, 9.17) is 0 Å². The molecule has 8 aromatic rings. The van der Waals surface area contributed by atoms with Crippen LogP contribution in [0.15, 0.2) is 133 Å². The van der Waals surface area contributed by atoms with Gasteiger partial charge in [-0.25, -0.2) is 0 Å². The van der Waals surface area contributed by atoms with Gasteiger partial charge < -0.3 is 9.13 Å². The molecule has 1 aliphatic carbocycles. The van der Waals surface area contributed by atoms with Crippen LogP contribution in [0.1, 0.15) is 38.3 Å². The van der Waals surface area contributed by atoms with Gasteiger partial charge in [-0.15, -0.1) is 0 Å². The first kappa shape index (κ1) is 28.2. The Labute approximate surface area is 276 Å². The summed E-state index contributed by atoms with van der Waals surface area (Å²) in [6.07, 6.45) is 3.67. The number of benzene rings is 6. The predicted molar refractivity (Wildman–Crippen MR) is 200 cm³/mol. The van der Waals surface area contributed by atoms with Gasteiger partial charge in [0.2, 0.25) is 0 Å². The summed E-state index contributed by atoms with van der Waals surface area (Å²) in [5, 5.41) is 5.13. The zero-order chi connectivity index (χ0) is 31.6. The maximum absolute atomic E-state index is 2.50. The molecule has 0 saturated carbocycles. The number of fused-ring (bicyclic) bond motifs is 7. The molecule has 2 nitrogen and oxygen atoms in total. The van der Waals surface area contributed by atoms with Crippen molar-refractivity contribution in [1.82, 2.24) is 9.13 Å². The first-order valence-electron chi connectivity index (χ1n) is 17.3. The van der Waals surface area contributed by atoms with Gasteiger partial charge in [-0.05, 0) is 102 Å². The molecule has 0 radical (unpaired) electrons. The van der Waals surface area contributed by atoms with Crippen LogP contribution in [0.25, 0.3) is 66.1 Å². The first-order valence-corrected chi connectivity index (χ1v) is 17.3. The molecule has 6 aromatic carbocycles. The van der Waals surface area contributed by atoms with E-state index in [-0.39, 0.29) is 0 Å². The largest absolute Gasteiger partial charge is 0.309 e. The minimum Gasteiger partial charge on any atom is -0.309 e. The highest BCUT2D eigenvalue weighted by molar-refractivity contribution is 6.10. The number of hydrogen-bond donors (Lipinski definition) is 0. The van der Waals surface area contributed by atoms with Gasteiger partial charge in [0.15, 0.2) is 0 Å². The molecule has 0 bridgehead atoms. The maximum Gasteiger partial charge on any atom is 0.0541 e. The van der Waals surface area contributed by atoms with Gasteiger partial charge in [0.1, 0.15) is 0 Å². The van der Waals surface area contributed by atoms with Crippen LogP contribution in [0.3, 0.4) is 0 Å². The molecule has 2 unspecified atom stereocenters. The molecule has 9 rings (SSSR count). The fourth-order valence-electron chi connectivity index (χ4n) is 8.53. The van der Waals surface area contributed by atoms with Crippen LogP contribution in [0.4, 0.5) is 0 Å². The van der Waals surface area contributed by atoms with E-state index in [1.165, 1.54) is 84.5 Å². The minimum absolute atomic E-state index is 0.706. The molecule has 0 saturated heterocycles. The number of hydrogen-bond acceptors (Lipinski definition) is 0. The molecule has 47 heavy (non-hydrogen) atoms. The van der Waals surface area contributed by atoms with Gasteiger partial charge in [0, 0.05) is 32.9 Å². The molecule has 2 atom stereocenters. The molecule has 0 aliphatic heterocycles. The van der Waals surface area contributed by atoms with Gasteiger partial charge in [0.05, 0.1) is 22.1 Å². The molecule has 2 heteroatoms. The Morgan fingerprint density at radius 2 is 0.979 bits per heavy atom. The lowest BCUT2D eigenvalue weighted by atomic mass is 9.73. The van der Waals surface area contributed by atoms with Crippen LogP contribution in [0, 0.1) is 17.8 Å². The number of nitrogens with zero attached hydrogens (tertiary/aromatic N) is 2. The van der Waals surface area contributed by atoms with E-state index in [1.807, 2.05) is 0 Å². The van der Waals surface area contributed by atoms with E-state index >= 15 is 0 Å². The van der Waals surface area contributed by atoms with E-state index in [1.54, 1.807) is 5.56 Å². The smallest absolute Gasteiger partial charge is 0.0541 e. The van der Waals surface area contributed by atoms with Crippen molar-refractivity contribution in [2.45, 2.75) is 40.0 Å². The maximum atomic E-state index is 2.50. The molecule has 1 aliphatic rings. The first-order chi connectivity index (χ1) is 23.0. The van der Waals surface area contributed by atoms with Crippen molar-refractivity contribution in [2.24, 2.45) is 17.8 Å². The van der Waals surface area contributed by atoms with Crippen molar-refractivity contribution in [3.05, 3.63) is 145 Å². The Bertz CT molecular complexity index is 2210. The lowest BCUT2D eigenvalue weighted by molar-refractivity contribution is 0.280. The fraction of sp³-hybridized carbons (Fsp3) is 0.200. The van der Waals surface area contributed by atoms with Gasteiger partial charge in [-0.2, -0.15) is 0 Å². The highest BCUT2D eigenvalue weighted by atomic mass is 15.0. The zero-order valence-electron chi connectivity index (χ0n) is 27.4. The monoisotopic (exact) mass is 608 g/mol. The van der Waals surface area contributed by atoms with Gasteiger partial charge in [0.25, 0.3) is 0 Å². The molecule has 2 aromatic heterocycles. The zero-order valence-corrected chi connectivity index (χ0v) is 27.4. The third-order valence-electron chi connectivity index (χ3n) is 10.7. The summed E-state index contributed by atoms with van der Waals surface area (Å²) in [6, 6.07) is 49.8. The SMILES string of the molecule is CC(C)CC1Cc2ccc(-c3cc(-n4c5ccccc5c5ccccc54)cc(-n4c5ccccc5c5ccccc54)c3)cc2CC1C. The molecule has 0 amide bonds. The minimum atomic E-state index is 0.706. The molecular formula is C45H40N2. The second-order valence-electron chi connectivity index (χ2n) is 14.2. The second kappa shape index (κ2) is 11.0. The van der Waals surface area contributed by atoms with E-state index in [0.29, 0.717) is 5.92 Å². The van der Waals surface area contributed by atoms with Crippen molar-refractivity contribution >= 4 is 43.6 Å². The molecule has 0 fully saturated rings. The van der Waals surface area contributed by atoms with Crippen molar-refractivity contribution < 1.29 is 0 Å². The Morgan fingerprint density at radius 1 is 0.511 bits per heavy atom. The van der Waals surface area contributed by atoms with Crippen molar-refractivity contribution in [3.8, 4) is 22.5 Å². The van der Waals surface area contributed by atoms with E-state index in [2.05, 4.69) is 163 Å². The number of rotatable bonds is 5. The van der Waals surface area contributed by atoms with Crippen LogP contribution < -0.4 is 0 Å². The van der Waals surface area contributed by atoms with Crippen LogP contribution in [0.5, 0.6) is 0 Å². The number of aromatic nitrogens is 2. The molecule has 0 N–H and O–H groups in total. The fourth-order valence-corrected chi connectivity index (χ4v) is 8.53. The quantitative estimate of drug-likeness (QED) is 0.184. The van der Waals surface area contributed by atoms with Crippen LogP contribution in [0.2, 0.25) is 0 Å². The average Bonchev–Trinajstić information content (AvgIpc) is 3.61. The Balaban J connectivity index is 1.30. The standard InChI is InChI=1S/C45H40N2/c1-29(2)22-33-24-31-20-21-32(25-34(31)23-30(33)3)35-26-36(46-42-16-8-4-12-38(42)39-13-5-9-17-43(39)46)28-37(27-35)47-44-18-10-6-14-40(44)41-15-7-11-19-45(41)47/h4-21,25-30,33H,22-24H2,1-3H3. The summed E-state index contributed by atoms with van der Waals surface area (Å²) in [5.41, 5.74) is 12.9. The lowest BCUT2D eigenvalue weighted by Gasteiger charge is -2.32. The Kier molecular flexibility index (Phi) is 6.61. The summed E-state index contributed by atoms with van der Waals surface area (Å²) in [6.45, 7) is 7.19. The highest BCUT2D eigenvalue weighted by Crippen LogP contribution is 2.40. The van der Waals surface area contributed by atoms with Crippen LogP contribution >= 0.6 is 0 Å². The Hall–Kier alpha value is -5.08. The number of para-hydroxylation sites is 4. The van der Waals surface area contributed by atoms with Gasteiger partial charge >= 0.3 is 0 Å². The lowest BCUT2D eigenvalue weighted by Crippen LogP contribution is -2.24. The van der Waals surface area contributed by atoms with E-state index < -0.39 is 0 Å². The highest BCUT2D eigenvalue weighted by Gasteiger charge is 2.26. The summed E-state index contributed by atoms with van der Waals surface area (Å²) in [7, 11) is 0. The third kappa shape index (κ3) is 4.61.